The lowest BCUT2D eigenvalue weighted by Gasteiger charge is -2.29. The molecule has 0 spiro atoms. The largest absolute Gasteiger partial charge is 0.301 e. The molecule has 0 aliphatic carbocycles. The standard InChI is InChI=1S/C18H22N2O/c1-18(2,17(21)16-9-5-4-6-10-16)14-20(3)13-15-8-7-11-19-12-15/h4-12H,13-14H2,1-3H3. The Morgan fingerprint density at radius 1 is 1.14 bits per heavy atom. The second-order valence-electron chi connectivity index (χ2n) is 6.11. The van der Waals surface area contributed by atoms with E-state index in [1.165, 1.54) is 0 Å². The summed E-state index contributed by atoms with van der Waals surface area (Å²) in [6, 6.07) is 13.5. The minimum absolute atomic E-state index is 0.182. The first-order valence-corrected chi connectivity index (χ1v) is 7.16. The number of hydrogen-bond acceptors (Lipinski definition) is 3. The molecule has 0 bridgehead atoms. The van der Waals surface area contributed by atoms with E-state index in [1.54, 1.807) is 6.20 Å². The van der Waals surface area contributed by atoms with Gasteiger partial charge in [0.25, 0.3) is 0 Å². The normalized spacial score (nSPS) is 11.6. The predicted molar refractivity (Wildman–Crippen MR) is 85.1 cm³/mol. The smallest absolute Gasteiger partial charge is 0.169 e. The van der Waals surface area contributed by atoms with Gasteiger partial charge in [0.2, 0.25) is 0 Å². The zero-order chi connectivity index (χ0) is 15.3. The van der Waals surface area contributed by atoms with E-state index in [0.29, 0.717) is 6.54 Å². The number of aromatic nitrogens is 1. The Labute approximate surface area is 126 Å². The molecule has 0 unspecified atom stereocenters. The van der Waals surface area contributed by atoms with Gasteiger partial charge in [-0.2, -0.15) is 0 Å². The van der Waals surface area contributed by atoms with Crippen molar-refractivity contribution in [2.45, 2.75) is 20.4 Å². The third-order valence-corrected chi connectivity index (χ3v) is 3.49. The number of benzene rings is 1. The van der Waals surface area contributed by atoms with Crippen LogP contribution in [-0.2, 0) is 6.54 Å². The topological polar surface area (TPSA) is 33.2 Å². The highest BCUT2D eigenvalue weighted by Gasteiger charge is 2.29. The molecule has 0 N–H and O–H groups in total. The lowest BCUT2D eigenvalue weighted by Crippen LogP contribution is -2.37. The van der Waals surface area contributed by atoms with Crippen molar-refractivity contribution in [3.63, 3.8) is 0 Å². The van der Waals surface area contributed by atoms with E-state index in [9.17, 15) is 4.79 Å². The Kier molecular flexibility index (Phi) is 4.86. The van der Waals surface area contributed by atoms with E-state index in [2.05, 4.69) is 16.0 Å². The van der Waals surface area contributed by atoms with Gasteiger partial charge in [0.1, 0.15) is 0 Å². The number of nitrogens with zero attached hydrogens (tertiary/aromatic N) is 2. The maximum Gasteiger partial charge on any atom is 0.169 e. The molecule has 0 fully saturated rings. The van der Waals surface area contributed by atoms with Gasteiger partial charge in [0.15, 0.2) is 5.78 Å². The lowest BCUT2D eigenvalue weighted by molar-refractivity contribution is 0.0779. The summed E-state index contributed by atoms with van der Waals surface area (Å²) in [7, 11) is 2.03. The first-order valence-electron chi connectivity index (χ1n) is 7.16. The van der Waals surface area contributed by atoms with E-state index in [4.69, 9.17) is 0 Å². The highest BCUT2D eigenvalue weighted by molar-refractivity contribution is 6.00. The number of hydrogen-bond donors (Lipinski definition) is 0. The van der Waals surface area contributed by atoms with Crippen LogP contribution in [0.3, 0.4) is 0 Å². The maximum atomic E-state index is 12.6. The van der Waals surface area contributed by atoms with Crippen LogP contribution in [0.15, 0.2) is 54.9 Å². The van der Waals surface area contributed by atoms with E-state index >= 15 is 0 Å². The molecule has 0 radical (unpaired) electrons. The molecule has 0 aliphatic heterocycles. The summed E-state index contributed by atoms with van der Waals surface area (Å²) in [5, 5.41) is 0. The Morgan fingerprint density at radius 3 is 2.48 bits per heavy atom. The molecule has 110 valence electrons. The molecule has 0 atom stereocenters. The molecule has 1 aromatic carbocycles. The summed E-state index contributed by atoms with van der Waals surface area (Å²) < 4.78 is 0. The zero-order valence-corrected chi connectivity index (χ0v) is 12.9. The molecule has 0 aliphatic rings. The monoisotopic (exact) mass is 282 g/mol. The molecule has 3 heteroatoms. The molecule has 1 aromatic heterocycles. The minimum Gasteiger partial charge on any atom is -0.301 e. The Hall–Kier alpha value is -2.00. The Morgan fingerprint density at radius 2 is 1.86 bits per heavy atom. The maximum absolute atomic E-state index is 12.6. The van der Waals surface area contributed by atoms with E-state index in [1.807, 2.05) is 63.5 Å². The van der Waals surface area contributed by atoms with Crippen LogP contribution in [-0.4, -0.2) is 29.3 Å². The predicted octanol–water partition coefficient (Wildman–Crippen LogP) is 3.42. The molecule has 0 amide bonds. The fourth-order valence-corrected chi connectivity index (χ4v) is 2.59. The molecule has 2 aromatic rings. The highest BCUT2D eigenvalue weighted by Crippen LogP contribution is 2.23. The first-order chi connectivity index (χ1) is 9.99. The Balaban J connectivity index is 2.01. The van der Waals surface area contributed by atoms with Gasteiger partial charge < -0.3 is 4.90 Å². The van der Waals surface area contributed by atoms with Gasteiger partial charge in [0, 0.05) is 36.5 Å². The van der Waals surface area contributed by atoms with Gasteiger partial charge in [-0.1, -0.05) is 50.2 Å². The van der Waals surface area contributed by atoms with Gasteiger partial charge in [-0.15, -0.1) is 0 Å². The third kappa shape index (κ3) is 4.23. The molecule has 2 rings (SSSR count). The summed E-state index contributed by atoms with van der Waals surface area (Å²) in [5.74, 6) is 0.182. The minimum atomic E-state index is -0.418. The van der Waals surface area contributed by atoms with Crippen molar-refractivity contribution in [3.8, 4) is 0 Å². The Bertz CT molecular complexity index is 579. The van der Waals surface area contributed by atoms with Crippen LogP contribution in [0.4, 0.5) is 0 Å². The number of pyridine rings is 1. The molecule has 1 heterocycles. The van der Waals surface area contributed by atoms with E-state index in [0.717, 1.165) is 17.7 Å². The summed E-state index contributed by atoms with van der Waals surface area (Å²) in [5.41, 5.74) is 1.51. The van der Waals surface area contributed by atoms with Crippen molar-refractivity contribution >= 4 is 5.78 Å². The van der Waals surface area contributed by atoms with Crippen LogP contribution in [0.1, 0.15) is 29.8 Å². The SMILES string of the molecule is CN(Cc1cccnc1)CC(C)(C)C(=O)c1ccccc1. The van der Waals surface area contributed by atoms with Gasteiger partial charge in [-0.05, 0) is 18.7 Å². The zero-order valence-electron chi connectivity index (χ0n) is 12.9. The van der Waals surface area contributed by atoms with E-state index in [-0.39, 0.29) is 5.78 Å². The second-order valence-corrected chi connectivity index (χ2v) is 6.11. The average Bonchev–Trinajstić information content (AvgIpc) is 2.47. The molecular weight excluding hydrogens is 260 g/mol. The summed E-state index contributed by atoms with van der Waals surface area (Å²) in [6.45, 7) is 5.50. The van der Waals surface area contributed by atoms with Crippen LogP contribution >= 0.6 is 0 Å². The number of Topliss-reactive ketones (excluding diaryl/α,β-unsaturated/α-hetero) is 1. The van der Waals surface area contributed by atoms with Crippen LogP contribution in [0.5, 0.6) is 0 Å². The summed E-state index contributed by atoms with van der Waals surface area (Å²) >= 11 is 0. The lowest BCUT2D eigenvalue weighted by atomic mass is 9.83. The molecule has 0 saturated heterocycles. The summed E-state index contributed by atoms with van der Waals surface area (Å²) in [6.07, 6.45) is 3.63. The molecule has 3 nitrogen and oxygen atoms in total. The second kappa shape index (κ2) is 6.64. The van der Waals surface area contributed by atoms with Crippen LogP contribution in [0.25, 0.3) is 0 Å². The van der Waals surface area contributed by atoms with Crippen LogP contribution in [0.2, 0.25) is 0 Å². The first kappa shape index (κ1) is 15.4. The van der Waals surface area contributed by atoms with Crippen molar-refractivity contribution < 1.29 is 4.79 Å². The van der Waals surface area contributed by atoms with Gasteiger partial charge in [-0.3, -0.25) is 9.78 Å². The van der Waals surface area contributed by atoms with Gasteiger partial charge in [0.05, 0.1) is 0 Å². The van der Waals surface area contributed by atoms with E-state index < -0.39 is 5.41 Å². The van der Waals surface area contributed by atoms with Gasteiger partial charge in [-0.25, -0.2) is 0 Å². The molecule has 0 saturated carbocycles. The number of rotatable bonds is 6. The molecular formula is C18H22N2O. The molecule has 21 heavy (non-hydrogen) atoms. The number of carbonyl (C=O) groups excluding carboxylic acids is 1. The fraction of sp³-hybridized carbons (Fsp3) is 0.333. The van der Waals surface area contributed by atoms with Crippen molar-refractivity contribution in [1.82, 2.24) is 9.88 Å². The van der Waals surface area contributed by atoms with Crippen molar-refractivity contribution in [1.29, 1.82) is 0 Å². The number of carbonyl (C=O) groups is 1. The quantitative estimate of drug-likeness (QED) is 0.761. The fourth-order valence-electron chi connectivity index (χ4n) is 2.59. The van der Waals surface area contributed by atoms with Gasteiger partial charge >= 0.3 is 0 Å². The van der Waals surface area contributed by atoms with Crippen molar-refractivity contribution in [3.05, 3.63) is 66.0 Å². The number of ketones is 1. The van der Waals surface area contributed by atoms with Crippen LogP contribution in [0, 0.1) is 5.41 Å². The van der Waals surface area contributed by atoms with Crippen LogP contribution < -0.4 is 0 Å². The average molecular weight is 282 g/mol. The third-order valence-electron chi connectivity index (χ3n) is 3.49. The summed E-state index contributed by atoms with van der Waals surface area (Å²) in [4.78, 5) is 18.9. The van der Waals surface area contributed by atoms with Crippen molar-refractivity contribution in [2.24, 2.45) is 5.41 Å². The van der Waals surface area contributed by atoms with Crippen molar-refractivity contribution in [2.75, 3.05) is 13.6 Å². The highest BCUT2D eigenvalue weighted by atomic mass is 16.1.